The van der Waals surface area contributed by atoms with E-state index in [1.54, 1.807) is 31.2 Å². The van der Waals surface area contributed by atoms with Crippen LogP contribution in [0.1, 0.15) is 31.4 Å². The summed E-state index contributed by atoms with van der Waals surface area (Å²) in [6.45, 7) is 1.81. The summed E-state index contributed by atoms with van der Waals surface area (Å²) in [5, 5.41) is 5.93. The molecule has 0 unspecified atom stereocenters. The smallest absolute Gasteiger partial charge is 0.325 e. The molecule has 1 heterocycles. The van der Waals surface area contributed by atoms with Crippen LogP contribution in [0, 0.1) is 0 Å². The number of carbonyl (C=O) groups excluding carboxylic acids is 3. The van der Waals surface area contributed by atoms with Crippen LogP contribution in [-0.2, 0) is 9.59 Å². The van der Waals surface area contributed by atoms with Gasteiger partial charge in [-0.05, 0) is 37.1 Å². The van der Waals surface area contributed by atoms with Crippen LogP contribution in [0.2, 0.25) is 5.02 Å². The minimum Gasteiger partial charge on any atom is -0.326 e. The van der Waals surface area contributed by atoms with E-state index in [1.165, 1.54) is 4.90 Å². The van der Waals surface area contributed by atoms with Gasteiger partial charge in [0, 0.05) is 17.1 Å². The van der Waals surface area contributed by atoms with Gasteiger partial charge in [0.05, 0.1) is 6.04 Å². The summed E-state index contributed by atoms with van der Waals surface area (Å²) in [7, 11) is 0. The molecular formula is C20H20ClN3O3. The van der Waals surface area contributed by atoms with Crippen molar-refractivity contribution in [1.29, 1.82) is 0 Å². The number of hydrogen-bond acceptors (Lipinski definition) is 3. The third kappa shape index (κ3) is 4.46. The average molecular weight is 386 g/mol. The Labute approximate surface area is 162 Å². The lowest BCUT2D eigenvalue weighted by Gasteiger charge is -2.21. The summed E-state index contributed by atoms with van der Waals surface area (Å²) >= 11 is 5.89. The maximum atomic E-state index is 12.6. The molecule has 0 bridgehead atoms. The second-order valence-electron chi connectivity index (χ2n) is 6.39. The highest BCUT2D eigenvalue weighted by Crippen LogP contribution is 2.25. The molecule has 2 aromatic rings. The standard InChI is InChI=1S/C20H20ClN3O3/c1-13(14-6-3-2-4-7-14)24-19(26)17(23-20(24)27)10-11-18(25)22-16-9-5-8-15(21)12-16/h2-9,12-13,17H,10-11H2,1H3,(H,22,25)(H,23,27)/t13-,17-/m0/s1. The van der Waals surface area contributed by atoms with Crippen molar-refractivity contribution >= 4 is 35.1 Å². The third-order valence-electron chi connectivity index (χ3n) is 4.49. The van der Waals surface area contributed by atoms with Gasteiger partial charge < -0.3 is 10.6 Å². The molecular weight excluding hydrogens is 366 g/mol. The summed E-state index contributed by atoms with van der Waals surface area (Å²) in [6.07, 6.45) is 0.339. The fourth-order valence-corrected chi connectivity index (χ4v) is 3.25. The van der Waals surface area contributed by atoms with Crippen LogP contribution >= 0.6 is 11.6 Å². The van der Waals surface area contributed by atoms with Gasteiger partial charge in [0.25, 0.3) is 5.91 Å². The molecule has 3 rings (SSSR count). The first kappa shape index (κ1) is 18.9. The Hall–Kier alpha value is -2.86. The molecule has 0 saturated carbocycles. The van der Waals surface area contributed by atoms with Gasteiger partial charge in [-0.3, -0.25) is 14.5 Å². The highest BCUT2D eigenvalue weighted by atomic mass is 35.5. The molecule has 0 spiro atoms. The number of urea groups is 1. The van der Waals surface area contributed by atoms with Crippen molar-refractivity contribution in [2.75, 3.05) is 5.32 Å². The molecule has 1 saturated heterocycles. The predicted molar refractivity (Wildman–Crippen MR) is 103 cm³/mol. The zero-order chi connectivity index (χ0) is 19.4. The van der Waals surface area contributed by atoms with Gasteiger partial charge >= 0.3 is 6.03 Å². The van der Waals surface area contributed by atoms with E-state index in [2.05, 4.69) is 10.6 Å². The average Bonchev–Trinajstić information content (AvgIpc) is 2.94. The highest BCUT2D eigenvalue weighted by molar-refractivity contribution is 6.30. The van der Waals surface area contributed by atoms with Crippen LogP contribution in [0.15, 0.2) is 54.6 Å². The summed E-state index contributed by atoms with van der Waals surface area (Å²) in [5.41, 5.74) is 1.47. The van der Waals surface area contributed by atoms with E-state index in [1.807, 2.05) is 30.3 Å². The minimum absolute atomic E-state index is 0.108. The van der Waals surface area contributed by atoms with Crippen molar-refractivity contribution in [3.8, 4) is 0 Å². The SMILES string of the molecule is C[C@@H](c1ccccc1)N1C(=O)N[C@@H](CCC(=O)Nc2cccc(Cl)c2)C1=O. The topological polar surface area (TPSA) is 78.5 Å². The Morgan fingerprint density at radius 3 is 2.63 bits per heavy atom. The predicted octanol–water partition coefficient (Wildman–Crippen LogP) is 3.74. The molecule has 0 aromatic heterocycles. The number of halogens is 1. The fraction of sp³-hybridized carbons (Fsp3) is 0.250. The number of rotatable bonds is 6. The molecule has 2 aromatic carbocycles. The number of hydrogen-bond donors (Lipinski definition) is 2. The third-order valence-corrected chi connectivity index (χ3v) is 4.72. The van der Waals surface area contributed by atoms with Gasteiger partial charge in [-0.25, -0.2) is 4.79 Å². The maximum Gasteiger partial charge on any atom is 0.325 e. The van der Waals surface area contributed by atoms with E-state index in [0.29, 0.717) is 10.7 Å². The molecule has 0 aliphatic carbocycles. The number of imide groups is 1. The number of benzene rings is 2. The highest BCUT2D eigenvalue weighted by Gasteiger charge is 2.40. The fourth-order valence-electron chi connectivity index (χ4n) is 3.06. The van der Waals surface area contributed by atoms with E-state index in [9.17, 15) is 14.4 Å². The van der Waals surface area contributed by atoms with Crippen LogP contribution < -0.4 is 10.6 Å². The van der Waals surface area contributed by atoms with Gasteiger partial charge in [0.15, 0.2) is 0 Å². The summed E-state index contributed by atoms with van der Waals surface area (Å²) in [4.78, 5) is 38.2. The van der Waals surface area contributed by atoms with Gasteiger partial charge in [0.2, 0.25) is 5.91 Å². The van der Waals surface area contributed by atoms with Gasteiger partial charge in [-0.1, -0.05) is 48.0 Å². The molecule has 2 N–H and O–H groups in total. The van der Waals surface area contributed by atoms with Crippen LogP contribution in [-0.4, -0.2) is 28.8 Å². The number of anilines is 1. The van der Waals surface area contributed by atoms with E-state index in [-0.39, 0.29) is 30.7 Å². The monoisotopic (exact) mass is 385 g/mol. The number of nitrogens with one attached hydrogen (secondary N) is 2. The van der Waals surface area contributed by atoms with Crippen molar-refractivity contribution in [2.45, 2.75) is 31.8 Å². The van der Waals surface area contributed by atoms with Crippen LogP contribution in [0.4, 0.5) is 10.5 Å². The lowest BCUT2D eigenvalue weighted by atomic mass is 10.1. The molecule has 2 atom stereocenters. The minimum atomic E-state index is -0.700. The van der Waals surface area contributed by atoms with Gasteiger partial charge in [-0.2, -0.15) is 0 Å². The normalized spacial score (nSPS) is 17.6. The van der Waals surface area contributed by atoms with Crippen LogP contribution in [0.5, 0.6) is 0 Å². The lowest BCUT2D eigenvalue weighted by molar-refractivity contribution is -0.129. The Kier molecular flexibility index (Phi) is 5.76. The Balaban J connectivity index is 1.58. The molecule has 6 nitrogen and oxygen atoms in total. The van der Waals surface area contributed by atoms with Gasteiger partial charge in [-0.15, -0.1) is 0 Å². The van der Waals surface area contributed by atoms with E-state index in [4.69, 9.17) is 11.6 Å². The van der Waals surface area contributed by atoms with Gasteiger partial charge in [0.1, 0.15) is 6.04 Å². The van der Waals surface area contributed by atoms with Crippen molar-refractivity contribution in [3.63, 3.8) is 0 Å². The zero-order valence-corrected chi connectivity index (χ0v) is 15.6. The van der Waals surface area contributed by atoms with Crippen LogP contribution in [0.25, 0.3) is 0 Å². The largest absolute Gasteiger partial charge is 0.326 e. The first-order chi connectivity index (χ1) is 13.0. The maximum absolute atomic E-state index is 12.6. The van der Waals surface area contributed by atoms with E-state index < -0.39 is 12.1 Å². The second-order valence-corrected chi connectivity index (χ2v) is 6.83. The van der Waals surface area contributed by atoms with Crippen molar-refractivity contribution in [2.24, 2.45) is 0 Å². The number of nitrogens with zero attached hydrogens (tertiary/aromatic N) is 1. The van der Waals surface area contributed by atoms with Crippen LogP contribution in [0.3, 0.4) is 0 Å². The zero-order valence-electron chi connectivity index (χ0n) is 14.8. The van der Waals surface area contributed by atoms with E-state index >= 15 is 0 Å². The summed E-state index contributed by atoms with van der Waals surface area (Å²) in [6, 6.07) is 14.7. The molecule has 7 heteroatoms. The Morgan fingerprint density at radius 2 is 1.93 bits per heavy atom. The first-order valence-corrected chi connectivity index (χ1v) is 9.07. The number of carbonyl (C=O) groups is 3. The lowest BCUT2D eigenvalue weighted by Crippen LogP contribution is -2.34. The summed E-state index contributed by atoms with van der Waals surface area (Å²) in [5.74, 6) is -0.555. The van der Waals surface area contributed by atoms with Crippen molar-refractivity contribution < 1.29 is 14.4 Å². The van der Waals surface area contributed by atoms with E-state index in [0.717, 1.165) is 5.56 Å². The molecule has 140 valence electrons. The van der Waals surface area contributed by atoms with Crippen molar-refractivity contribution in [3.05, 3.63) is 65.2 Å². The Bertz CT molecular complexity index is 857. The summed E-state index contributed by atoms with van der Waals surface area (Å²) < 4.78 is 0. The molecule has 0 radical (unpaired) electrons. The molecule has 1 aliphatic heterocycles. The molecule has 1 aliphatic rings. The number of amides is 4. The molecule has 4 amide bonds. The quantitative estimate of drug-likeness (QED) is 0.743. The van der Waals surface area contributed by atoms with Crippen molar-refractivity contribution in [1.82, 2.24) is 10.2 Å². The first-order valence-electron chi connectivity index (χ1n) is 8.69. The molecule has 27 heavy (non-hydrogen) atoms. The molecule has 1 fully saturated rings. The Morgan fingerprint density at radius 1 is 1.19 bits per heavy atom. The second kappa shape index (κ2) is 8.22.